The van der Waals surface area contributed by atoms with Gasteiger partial charge in [-0.25, -0.2) is 12.8 Å². The number of carboxylic acid groups (broad SMARTS) is 1. The number of hydrogen-bond donors (Lipinski definition) is 1. The third-order valence-corrected chi connectivity index (χ3v) is 5.48. The normalized spacial score (nSPS) is 15.4. The van der Waals surface area contributed by atoms with Gasteiger partial charge in [0.15, 0.2) is 0 Å². The Hall–Kier alpha value is -1.18. The minimum Gasteiger partial charge on any atom is -0.481 e. The van der Waals surface area contributed by atoms with E-state index in [1.54, 1.807) is 0 Å². The molecule has 0 amide bonds. The summed E-state index contributed by atoms with van der Waals surface area (Å²) in [7, 11) is -3.76. The smallest absolute Gasteiger partial charge is 0.304 e. The Morgan fingerprint density at radius 1 is 1.43 bits per heavy atom. The average Bonchev–Trinajstić information content (AvgIpc) is 3.20. The number of aliphatic carboxylic acids is 1. The van der Waals surface area contributed by atoms with E-state index in [1.807, 2.05) is 0 Å². The molecule has 0 unspecified atom stereocenters. The van der Waals surface area contributed by atoms with Crippen LogP contribution in [0.5, 0.6) is 0 Å². The summed E-state index contributed by atoms with van der Waals surface area (Å²) in [6.07, 6.45) is 0.910. The quantitative estimate of drug-likeness (QED) is 0.829. The second-order valence-electron chi connectivity index (χ2n) is 4.94. The Morgan fingerprint density at radius 2 is 2.10 bits per heavy atom. The molecule has 1 N–H and O–H groups in total. The van der Waals surface area contributed by atoms with E-state index in [9.17, 15) is 17.6 Å². The lowest BCUT2D eigenvalue weighted by Crippen LogP contribution is -2.35. The zero-order chi connectivity index (χ0) is 15.6. The van der Waals surface area contributed by atoms with E-state index in [2.05, 4.69) is 0 Å². The lowest BCUT2D eigenvalue weighted by atomic mass is 10.2. The molecule has 1 aromatic carbocycles. The molecule has 0 bridgehead atoms. The van der Waals surface area contributed by atoms with Gasteiger partial charge in [0.1, 0.15) is 5.82 Å². The van der Waals surface area contributed by atoms with Gasteiger partial charge in [-0.05, 0) is 25.0 Å². The highest BCUT2D eigenvalue weighted by molar-refractivity contribution is 7.89. The molecule has 1 aliphatic carbocycles. The summed E-state index contributed by atoms with van der Waals surface area (Å²) in [5, 5.41) is 8.79. The summed E-state index contributed by atoms with van der Waals surface area (Å²) in [4.78, 5) is 10.6. The predicted molar refractivity (Wildman–Crippen MR) is 76.0 cm³/mol. The summed E-state index contributed by atoms with van der Waals surface area (Å²) in [5.74, 6) is -2.25. The lowest BCUT2D eigenvalue weighted by molar-refractivity contribution is -0.136. The van der Waals surface area contributed by atoms with Crippen LogP contribution in [-0.4, -0.2) is 35.6 Å². The molecular formula is C13H15ClFNO4S. The first-order valence-electron chi connectivity index (χ1n) is 6.45. The van der Waals surface area contributed by atoms with E-state index in [0.29, 0.717) is 12.8 Å². The van der Waals surface area contributed by atoms with Crippen LogP contribution < -0.4 is 0 Å². The molecule has 0 aliphatic heterocycles. The van der Waals surface area contributed by atoms with Gasteiger partial charge in [-0.1, -0.05) is 17.7 Å². The molecule has 0 aromatic heterocycles. The van der Waals surface area contributed by atoms with Crippen molar-refractivity contribution in [2.75, 3.05) is 5.75 Å². The molecule has 1 aliphatic rings. The highest BCUT2D eigenvalue weighted by Gasteiger charge is 2.37. The Morgan fingerprint density at radius 3 is 2.62 bits per heavy atom. The standard InChI is InChI=1S/C13H15ClFNO4S/c14-11-2-1-3-12(15)10(11)8-16(9-4-5-9)21(19,20)7-6-13(17)18/h1-3,9H,4-8H2,(H,17,18). The van der Waals surface area contributed by atoms with Crippen LogP contribution in [0.1, 0.15) is 24.8 Å². The van der Waals surface area contributed by atoms with Crippen molar-refractivity contribution in [3.05, 3.63) is 34.6 Å². The monoisotopic (exact) mass is 335 g/mol. The Labute approximate surface area is 127 Å². The minimum atomic E-state index is -3.76. The van der Waals surface area contributed by atoms with Crippen LogP contribution in [0.25, 0.3) is 0 Å². The molecule has 8 heteroatoms. The Kier molecular flexibility index (Phi) is 4.85. The summed E-state index contributed by atoms with van der Waals surface area (Å²) in [6, 6.07) is 3.96. The van der Waals surface area contributed by atoms with Gasteiger partial charge < -0.3 is 5.11 Å². The third-order valence-electron chi connectivity index (χ3n) is 3.26. The fraction of sp³-hybridized carbons (Fsp3) is 0.462. The van der Waals surface area contributed by atoms with Crippen molar-refractivity contribution >= 4 is 27.6 Å². The van der Waals surface area contributed by atoms with Crippen LogP contribution in [0.3, 0.4) is 0 Å². The van der Waals surface area contributed by atoms with E-state index in [4.69, 9.17) is 16.7 Å². The van der Waals surface area contributed by atoms with Crippen LogP contribution >= 0.6 is 11.6 Å². The molecule has 2 rings (SSSR count). The first-order valence-corrected chi connectivity index (χ1v) is 8.44. The van der Waals surface area contributed by atoms with Gasteiger partial charge in [-0.3, -0.25) is 4.79 Å². The van der Waals surface area contributed by atoms with Gasteiger partial charge in [0.2, 0.25) is 10.0 Å². The third kappa shape index (κ3) is 4.15. The number of nitrogens with zero attached hydrogens (tertiary/aromatic N) is 1. The second kappa shape index (κ2) is 6.29. The van der Waals surface area contributed by atoms with Crippen molar-refractivity contribution in [1.29, 1.82) is 0 Å². The van der Waals surface area contributed by atoms with Crippen LogP contribution in [0.15, 0.2) is 18.2 Å². The number of rotatable bonds is 7. The summed E-state index contributed by atoms with van der Waals surface area (Å²) in [5.41, 5.74) is 0.116. The molecule has 1 fully saturated rings. The molecule has 0 heterocycles. The molecule has 0 atom stereocenters. The highest BCUT2D eigenvalue weighted by atomic mass is 35.5. The van der Waals surface area contributed by atoms with Crippen molar-refractivity contribution in [1.82, 2.24) is 4.31 Å². The van der Waals surface area contributed by atoms with E-state index in [0.717, 1.165) is 0 Å². The van der Waals surface area contributed by atoms with Gasteiger partial charge in [0.25, 0.3) is 0 Å². The van der Waals surface area contributed by atoms with Crippen LogP contribution in [-0.2, 0) is 21.4 Å². The average molecular weight is 336 g/mol. The van der Waals surface area contributed by atoms with Gasteiger partial charge >= 0.3 is 5.97 Å². The number of benzene rings is 1. The number of carboxylic acids is 1. The SMILES string of the molecule is O=C(O)CCS(=O)(=O)N(Cc1c(F)cccc1Cl)C1CC1. The molecule has 5 nitrogen and oxygen atoms in total. The highest BCUT2D eigenvalue weighted by Crippen LogP contribution is 2.33. The van der Waals surface area contributed by atoms with Crippen molar-refractivity contribution < 1.29 is 22.7 Å². The number of hydrogen-bond acceptors (Lipinski definition) is 3. The zero-order valence-corrected chi connectivity index (χ0v) is 12.7. The maximum absolute atomic E-state index is 13.8. The van der Waals surface area contributed by atoms with Crippen molar-refractivity contribution in [2.24, 2.45) is 0 Å². The fourth-order valence-electron chi connectivity index (χ4n) is 1.99. The summed E-state index contributed by atoms with van der Waals surface area (Å²) in [6.45, 7) is -0.169. The molecule has 1 aromatic rings. The van der Waals surface area contributed by atoms with E-state index in [-0.39, 0.29) is 23.2 Å². The number of carbonyl (C=O) groups is 1. The van der Waals surface area contributed by atoms with Gasteiger partial charge in [-0.15, -0.1) is 0 Å². The maximum Gasteiger partial charge on any atom is 0.304 e. The number of halogens is 2. The fourth-order valence-corrected chi connectivity index (χ4v) is 3.87. The van der Waals surface area contributed by atoms with Gasteiger partial charge in [-0.2, -0.15) is 4.31 Å². The molecule has 0 radical (unpaired) electrons. The van der Waals surface area contributed by atoms with Crippen molar-refractivity contribution in [3.8, 4) is 0 Å². The topological polar surface area (TPSA) is 74.7 Å². The van der Waals surface area contributed by atoms with Gasteiger partial charge in [0, 0.05) is 23.2 Å². The van der Waals surface area contributed by atoms with E-state index < -0.39 is 34.0 Å². The molecule has 21 heavy (non-hydrogen) atoms. The Balaban J connectivity index is 2.22. The van der Waals surface area contributed by atoms with Crippen LogP contribution in [0.4, 0.5) is 4.39 Å². The van der Waals surface area contributed by atoms with Gasteiger partial charge in [0.05, 0.1) is 12.2 Å². The molecule has 116 valence electrons. The van der Waals surface area contributed by atoms with Crippen LogP contribution in [0, 0.1) is 5.82 Å². The summed E-state index contributed by atoms with van der Waals surface area (Å²) >= 11 is 5.92. The molecule has 0 saturated heterocycles. The summed E-state index contributed by atoms with van der Waals surface area (Å²) < 4.78 is 39.4. The largest absolute Gasteiger partial charge is 0.481 e. The second-order valence-corrected chi connectivity index (χ2v) is 7.38. The van der Waals surface area contributed by atoms with Crippen molar-refractivity contribution in [2.45, 2.75) is 31.8 Å². The molecule has 1 saturated carbocycles. The molecule has 0 spiro atoms. The maximum atomic E-state index is 13.8. The number of sulfonamides is 1. The van der Waals surface area contributed by atoms with E-state index >= 15 is 0 Å². The Bertz CT molecular complexity index is 625. The first-order chi connectivity index (χ1) is 9.81. The zero-order valence-electron chi connectivity index (χ0n) is 11.1. The van der Waals surface area contributed by atoms with Crippen molar-refractivity contribution in [3.63, 3.8) is 0 Å². The van der Waals surface area contributed by atoms with E-state index in [1.165, 1.54) is 22.5 Å². The lowest BCUT2D eigenvalue weighted by Gasteiger charge is -2.22. The first kappa shape index (κ1) is 16.2. The molecular weight excluding hydrogens is 321 g/mol. The van der Waals surface area contributed by atoms with Crippen LogP contribution in [0.2, 0.25) is 5.02 Å². The minimum absolute atomic E-state index is 0.116. The predicted octanol–water partition coefficient (Wildman–Crippen LogP) is 2.25.